The highest BCUT2D eigenvalue weighted by molar-refractivity contribution is 5.86. The van der Waals surface area contributed by atoms with E-state index in [1.807, 2.05) is 30.3 Å². The third-order valence-electron chi connectivity index (χ3n) is 2.92. The van der Waals surface area contributed by atoms with E-state index < -0.39 is 0 Å². The van der Waals surface area contributed by atoms with Crippen LogP contribution >= 0.6 is 0 Å². The molecule has 2 nitrogen and oxygen atoms in total. The highest BCUT2D eigenvalue weighted by Crippen LogP contribution is 2.27. The zero-order valence-corrected chi connectivity index (χ0v) is 9.44. The summed E-state index contributed by atoms with van der Waals surface area (Å²) in [6.07, 6.45) is 0. The summed E-state index contributed by atoms with van der Waals surface area (Å²) in [6.45, 7) is 0. The van der Waals surface area contributed by atoms with Gasteiger partial charge in [0.05, 0.1) is 11.6 Å². The number of halogens is 1. The summed E-state index contributed by atoms with van der Waals surface area (Å²) < 4.78 is 13.3. The van der Waals surface area contributed by atoms with Gasteiger partial charge in [-0.25, -0.2) is 4.39 Å². The van der Waals surface area contributed by atoms with E-state index in [1.54, 1.807) is 0 Å². The number of H-pyrrole nitrogens is 1. The molecule has 0 saturated heterocycles. The summed E-state index contributed by atoms with van der Waals surface area (Å²) in [7, 11) is 0. The van der Waals surface area contributed by atoms with Crippen LogP contribution in [0, 0.1) is 17.1 Å². The molecular weight excluding hydrogens is 227 g/mol. The molecule has 3 rings (SSSR count). The predicted octanol–water partition coefficient (Wildman–Crippen LogP) is 3.85. The second-order valence-corrected chi connectivity index (χ2v) is 4.07. The van der Waals surface area contributed by atoms with Gasteiger partial charge < -0.3 is 4.98 Å². The van der Waals surface area contributed by atoms with Crippen molar-refractivity contribution in [3.05, 3.63) is 59.9 Å². The quantitative estimate of drug-likeness (QED) is 0.685. The average molecular weight is 236 g/mol. The molecule has 86 valence electrons. The topological polar surface area (TPSA) is 39.6 Å². The number of benzene rings is 2. The Kier molecular flexibility index (Phi) is 2.35. The number of aromatic nitrogens is 1. The van der Waals surface area contributed by atoms with Crippen LogP contribution in [0.4, 0.5) is 4.39 Å². The molecule has 1 aromatic heterocycles. The minimum absolute atomic E-state index is 0.345. The lowest BCUT2D eigenvalue weighted by Crippen LogP contribution is -1.86. The van der Waals surface area contributed by atoms with Crippen LogP contribution in [-0.4, -0.2) is 4.98 Å². The van der Waals surface area contributed by atoms with Gasteiger partial charge in [-0.15, -0.1) is 0 Å². The largest absolute Gasteiger partial charge is 0.354 e. The highest BCUT2D eigenvalue weighted by atomic mass is 19.1. The minimum atomic E-state index is -0.345. The number of rotatable bonds is 1. The molecule has 0 aliphatic carbocycles. The molecule has 0 atom stereocenters. The van der Waals surface area contributed by atoms with Crippen LogP contribution in [0.3, 0.4) is 0 Å². The lowest BCUT2D eigenvalue weighted by Gasteiger charge is -2.01. The molecule has 0 fully saturated rings. The molecule has 0 aliphatic heterocycles. The molecule has 1 heterocycles. The first-order valence-corrected chi connectivity index (χ1v) is 5.56. The number of para-hydroxylation sites is 1. The Labute approximate surface area is 103 Å². The maximum absolute atomic E-state index is 13.3. The average Bonchev–Trinajstić information content (AvgIpc) is 2.82. The third kappa shape index (κ3) is 1.64. The zero-order chi connectivity index (χ0) is 12.5. The first-order valence-electron chi connectivity index (χ1n) is 5.56. The third-order valence-corrected chi connectivity index (χ3v) is 2.92. The van der Waals surface area contributed by atoms with E-state index in [0.29, 0.717) is 11.1 Å². The van der Waals surface area contributed by atoms with Gasteiger partial charge in [0.25, 0.3) is 0 Å². The molecule has 0 saturated carbocycles. The number of hydrogen-bond donors (Lipinski definition) is 1. The molecule has 0 aliphatic rings. The van der Waals surface area contributed by atoms with Crippen molar-refractivity contribution in [2.24, 2.45) is 0 Å². The van der Waals surface area contributed by atoms with Gasteiger partial charge in [0.15, 0.2) is 0 Å². The lowest BCUT2D eigenvalue weighted by atomic mass is 10.1. The van der Waals surface area contributed by atoms with Gasteiger partial charge in [0.1, 0.15) is 5.82 Å². The summed E-state index contributed by atoms with van der Waals surface area (Å²) in [5, 5.41) is 10.1. The Hall–Kier alpha value is -2.60. The van der Waals surface area contributed by atoms with Gasteiger partial charge in [-0.05, 0) is 30.3 Å². The van der Waals surface area contributed by atoms with Crippen molar-refractivity contribution >= 4 is 10.9 Å². The van der Waals surface area contributed by atoms with Gasteiger partial charge in [0, 0.05) is 22.2 Å². The molecule has 0 amide bonds. The molecule has 2 aromatic carbocycles. The Morgan fingerprint density at radius 1 is 1.06 bits per heavy atom. The fourth-order valence-electron chi connectivity index (χ4n) is 2.06. The van der Waals surface area contributed by atoms with Gasteiger partial charge in [-0.2, -0.15) is 5.26 Å². The van der Waals surface area contributed by atoms with Crippen molar-refractivity contribution < 1.29 is 4.39 Å². The number of nitrogens with zero attached hydrogens (tertiary/aromatic N) is 1. The maximum Gasteiger partial charge on any atom is 0.123 e. The maximum atomic E-state index is 13.3. The summed E-state index contributed by atoms with van der Waals surface area (Å²) in [5.41, 5.74) is 2.78. The summed E-state index contributed by atoms with van der Waals surface area (Å²) in [6, 6.07) is 16.0. The molecule has 1 N–H and O–H groups in total. The van der Waals surface area contributed by atoms with Crippen LogP contribution in [0.25, 0.3) is 22.2 Å². The van der Waals surface area contributed by atoms with Gasteiger partial charge >= 0.3 is 0 Å². The smallest absolute Gasteiger partial charge is 0.123 e. The minimum Gasteiger partial charge on any atom is -0.354 e. The van der Waals surface area contributed by atoms with E-state index in [2.05, 4.69) is 11.1 Å². The van der Waals surface area contributed by atoms with Crippen LogP contribution in [0.15, 0.2) is 48.5 Å². The Bertz CT molecular complexity index is 733. The van der Waals surface area contributed by atoms with Crippen molar-refractivity contribution in [3.8, 4) is 17.3 Å². The number of nitrogens with one attached hydrogen (secondary N) is 1. The number of aromatic amines is 1. The molecular formula is C15H9FN2. The fourth-order valence-corrected chi connectivity index (χ4v) is 2.06. The Morgan fingerprint density at radius 2 is 1.89 bits per heavy atom. The molecule has 0 bridgehead atoms. The highest BCUT2D eigenvalue weighted by Gasteiger charge is 2.09. The van der Waals surface area contributed by atoms with Crippen LogP contribution in [0.5, 0.6) is 0 Å². The van der Waals surface area contributed by atoms with Crippen LogP contribution < -0.4 is 0 Å². The van der Waals surface area contributed by atoms with Gasteiger partial charge in [0.2, 0.25) is 0 Å². The van der Waals surface area contributed by atoms with Crippen molar-refractivity contribution in [1.82, 2.24) is 4.98 Å². The van der Waals surface area contributed by atoms with Crippen molar-refractivity contribution in [1.29, 1.82) is 5.26 Å². The van der Waals surface area contributed by atoms with Crippen molar-refractivity contribution in [2.45, 2.75) is 0 Å². The monoisotopic (exact) mass is 236 g/mol. The summed E-state index contributed by atoms with van der Waals surface area (Å²) in [5.74, 6) is -0.345. The van der Waals surface area contributed by atoms with E-state index in [4.69, 9.17) is 5.26 Å². The van der Waals surface area contributed by atoms with E-state index >= 15 is 0 Å². The van der Waals surface area contributed by atoms with Crippen molar-refractivity contribution in [2.75, 3.05) is 0 Å². The van der Waals surface area contributed by atoms with Crippen molar-refractivity contribution in [3.63, 3.8) is 0 Å². The van der Waals surface area contributed by atoms with E-state index in [0.717, 1.165) is 16.6 Å². The normalized spacial score (nSPS) is 10.4. The molecule has 3 aromatic rings. The number of fused-ring (bicyclic) bond motifs is 1. The van der Waals surface area contributed by atoms with E-state index in [9.17, 15) is 4.39 Å². The van der Waals surface area contributed by atoms with Crippen LogP contribution in [-0.2, 0) is 0 Å². The number of hydrogen-bond acceptors (Lipinski definition) is 1. The first kappa shape index (κ1) is 10.5. The molecule has 3 heteroatoms. The SMILES string of the molecule is N#Cc1ccc(F)cc1-c1cc2ccccc2[nH]1. The first-order chi connectivity index (χ1) is 8.78. The molecule has 0 unspecified atom stereocenters. The zero-order valence-electron chi connectivity index (χ0n) is 9.44. The van der Waals surface area contributed by atoms with Crippen LogP contribution in [0.1, 0.15) is 5.56 Å². The second-order valence-electron chi connectivity index (χ2n) is 4.07. The Balaban J connectivity index is 2.26. The molecule has 18 heavy (non-hydrogen) atoms. The second kappa shape index (κ2) is 4.01. The van der Waals surface area contributed by atoms with E-state index in [1.165, 1.54) is 18.2 Å². The molecule has 0 spiro atoms. The number of nitriles is 1. The van der Waals surface area contributed by atoms with Gasteiger partial charge in [-0.3, -0.25) is 0 Å². The summed E-state index contributed by atoms with van der Waals surface area (Å²) in [4.78, 5) is 3.20. The fraction of sp³-hybridized carbons (Fsp3) is 0. The lowest BCUT2D eigenvalue weighted by molar-refractivity contribution is 0.628. The molecule has 0 radical (unpaired) electrons. The van der Waals surface area contributed by atoms with Crippen LogP contribution in [0.2, 0.25) is 0 Å². The standard InChI is InChI=1S/C15H9FN2/c16-12-6-5-11(9-17)13(8-12)15-7-10-3-1-2-4-14(10)18-15/h1-8,18H. The van der Waals surface area contributed by atoms with Gasteiger partial charge in [-0.1, -0.05) is 18.2 Å². The Morgan fingerprint density at radius 3 is 2.67 bits per heavy atom. The van der Waals surface area contributed by atoms with E-state index in [-0.39, 0.29) is 5.82 Å². The summed E-state index contributed by atoms with van der Waals surface area (Å²) >= 11 is 0. The predicted molar refractivity (Wildman–Crippen MR) is 68.4 cm³/mol.